The van der Waals surface area contributed by atoms with E-state index in [9.17, 15) is 5.11 Å². The summed E-state index contributed by atoms with van der Waals surface area (Å²) in [5.74, 6) is 1.23. The molecule has 0 unspecified atom stereocenters. The van der Waals surface area contributed by atoms with Gasteiger partial charge in [-0.3, -0.25) is 0 Å². The van der Waals surface area contributed by atoms with Gasteiger partial charge >= 0.3 is 0 Å². The molecular weight excluding hydrogens is 364 g/mol. The zero-order chi connectivity index (χ0) is 18.8. The van der Waals surface area contributed by atoms with Crippen LogP contribution in [0.1, 0.15) is 12.6 Å². The number of halogens is 1. The molecule has 0 fully saturated rings. The number of aromatic nitrogens is 3. The Bertz CT molecular complexity index is 1050. The topological polar surface area (TPSA) is 76.1 Å². The Kier molecular flexibility index (Phi) is 4.83. The number of para-hydroxylation sites is 2. The molecule has 6 nitrogen and oxygen atoms in total. The molecule has 0 radical (unpaired) electrons. The normalized spacial score (nSPS) is 12.4. The smallest absolute Gasteiger partial charge is 0.226 e. The van der Waals surface area contributed by atoms with Crippen molar-refractivity contribution in [1.82, 2.24) is 14.5 Å². The molecule has 2 aromatic heterocycles. The molecule has 4 aromatic rings. The van der Waals surface area contributed by atoms with Gasteiger partial charge in [-0.15, -0.1) is 0 Å². The molecule has 0 saturated heterocycles. The van der Waals surface area contributed by atoms with E-state index in [1.165, 1.54) is 0 Å². The number of fused-ring (bicyclic) bond motifs is 1. The van der Waals surface area contributed by atoms with Gasteiger partial charge in [-0.1, -0.05) is 23.7 Å². The van der Waals surface area contributed by atoms with E-state index < -0.39 is 6.10 Å². The highest BCUT2D eigenvalue weighted by molar-refractivity contribution is 6.30. The number of anilines is 1. The third kappa shape index (κ3) is 3.82. The highest BCUT2D eigenvalue weighted by Crippen LogP contribution is 2.24. The van der Waals surface area contributed by atoms with Gasteiger partial charge in [0.1, 0.15) is 6.26 Å². The molecule has 138 valence electrons. The predicted octanol–water partition coefficient (Wildman–Crippen LogP) is 4.19. The second-order valence-electron chi connectivity index (χ2n) is 6.39. The number of imidazole rings is 1. The molecule has 4 rings (SSSR count). The SMILES string of the molecule is C[C@H](O)CNc1nc2ccccc2n1Cc1coc(-c2ccc(Cl)cc2)n1. The van der Waals surface area contributed by atoms with Gasteiger partial charge in [0, 0.05) is 17.1 Å². The van der Waals surface area contributed by atoms with Crippen LogP contribution in [0.3, 0.4) is 0 Å². The third-order valence-corrected chi connectivity index (χ3v) is 4.43. The van der Waals surface area contributed by atoms with Crippen molar-refractivity contribution in [1.29, 1.82) is 0 Å². The van der Waals surface area contributed by atoms with Crippen molar-refractivity contribution in [2.45, 2.75) is 19.6 Å². The van der Waals surface area contributed by atoms with Gasteiger partial charge in [-0.2, -0.15) is 0 Å². The lowest BCUT2D eigenvalue weighted by Gasteiger charge is -2.10. The van der Waals surface area contributed by atoms with Crippen LogP contribution in [0.4, 0.5) is 5.95 Å². The summed E-state index contributed by atoms with van der Waals surface area (Å²) in [4.78, 5) is 9.22. The second-order valence-corrected chi connectivity index (χ2v) is 6.83. The summed E-state index contributed by atoms with van der Waals surface area (Å²) in [6.07, 6.45) is 1.18. The van der Waals surface area contributed by atoms with Crippen molar-refractivity contribution in [2.75, 3.05) is 11.9 Å². The highest BCUT2D eigenvalue weighted by Gasteiger charge is 2.14. The monoisotopic (exact) mass is 382 g/mol. The lowest BCUT2D eigenvalue weighted by Crippen LogP contribution is -2.18. The van der Waals surface area contributed by atoms with Gasteiger partial charge in [-0.05, 0) is 43.3 Å². The average Bonchev–Trinajstić information content (AvgIpc) is 3.26. The van der Waals surface area contributed by atoms with E-state index in [0.29, 0.717) is 30.0 Å². The van der Waals surface area contributed by atoms with E-state index in [1.807, 2.05) is 53.1 Å². The number of aliphatic hydroxyl groups excluding tert-OH is 1. The van der Waals surface area contributed by atoms with Gasteiger partial charge in [0.15, 0.2) is 0 Å². The summed E-state index contributed by atoms with van der Waals surface area (Å²) in [6.45, 7) is 2.65. The van der Waals surface area contributed by atoms with Crippen LogP contribution < -0.4 is 5.32 Å². The molecule has 0 bridgehead atoms. The van der Waals surface area contributed by atoms with Crippen molar-refractivity contribution in [3.63, 3.8) is 0 Å². The molecule has 0 aliphatic carbocycles. The van der Waals surface area contributed by atoms with Crippen molar-refractivity contribution in [2.24, 2.45) is 0 Å². The van der Waals surface area contributed by atoms with Crippen LogP contribution in [0.5, 0.6) is 0 Å². The van der Waals surface area contributed by atoms with Crippen LogP contribution >= 0.6 is 11.6 Å². The second kappa shape index (κ2) is 7.42. The molecule has 0 amide bonds. The molecule has 0 aliphatic rings. The maximum atomic E-state index is 9.58. The van der Waals surface area contributed by atoms with Gasteiger partial charge in [0.05, 0.1) is 29.4 Å². The number of benzene rings is 2. The quantitative estimate of drug-likeness (QED) is 0.523. The van der Waals surface area contributed by atoms with E-state index in [2.05, 4.69) is 15.3 Å². The van der Waals surface area contributed by atoms with Crippen LogP contribution in [-0.4, -0.2) is 32.3 Å². The van der Waals surface area contributed by atoms with Crippen LogP contribution in [0, 0.1) is 0 Å². The van der Waals surface area contributed by atoms with Crippen LogP contribution in [-0.2, 0) is 6.54 Å². The molecule has 27 heavy (non-hydrogen) atoms. The van der Waals surface area contributed by atoms with Crippen molar-refractivity contribution in [3.8, 4) is 11.5 Å². The van der Waals surface area contributed by atoms with E-state index in [-0.39, 0.29) is 0 Å². The van der Waals surface area contributed by atoms with Crippen molar-refractivity contribution in [3.05, 3.63) is 65.5 Å². The van der Waals surface area contributed by atoms with Gasteiger partial charge in [-0.25, -0.2) is 9.97 Å². The fourth-order valence-electron chi connectivity index (χ4n) is 2.88. The molecule has 2 N–H and O–H groups in total. The predicted molar refractivity (Wildman–Crippen MR) is 106 cm³/mol. The molecule has 0 aliphatic heterocycles. The van der Waals surface area contributed by atoms with Gasteiger partial charge in [0.25, 0.3) is 0 Å². The summed E-state index contributed by atoms with van der Waals surface area (Å²) in [5, 5.41) is 13.4. The Morgan fingerprint density at radius 3 is 2.70 bits per heavy atom. The third-order valence-electron chi connectivity index (χ3n) is 4.17. The van der Waals surface area contributed by atoms with Crippen LogP contribution in [0.25, 0.3) is 22.5 Å². The summed E-state index contributed by atoms with van der Waals surface area (Å²) in [7, 11) is 0. The van der Waals surface area contributed by atoms with E-state index in [4.69, 9.17) is 16.0 Å². The largest absolute Gasteiger partial charge is 0.444 e. The first-order chi connectivity index (χ1) is 13.1. The lowest BCUT2D eigenvalue weighted by atomic mass is 10.2. The first kappa shape index (κ1) is 17.6. The number of hydrogen-bond acceptors (Lipinski definition) is 5. The van der Waals surface area contributed by atoms with Crippen molar-refractivity contribution >= 4 is 28.6 Å². The highest BCUT2D eigenvalue weighted by atomic mass is 35.5. The number of aliphatic hydroxyl groups is 1. The molecule has 2 heterocycles. The zero-order valence-corrected chi connectivity index (χ0v) is 15.5. The maximum Gasteiger partial charge on any atom is 0.226 e. The number of nitrogens with one attached hydrogen (secondary N) is 1. The van der Waals surface area contributed by atoms with Gasteiger partial charge in [0.2, 0.25) is 11.8 Å². The minimum Gasteiger partial charge on any atom is -0.444 e. The average molecular weight is 383 g/mol. The summed E-state index contributed by atoms with van der Waals surface area (Å²) in [6, 6.07) is 15.3. The van der Waals surface area contributed by atoms with E-state index in [0.717, 1.165) is 22.3 Å². The zero-order valence-electron chi connectivity index (χ0n) is 14.8. The lowest BCUT2D eigenvalue weighted by molar-refractivity contribution is 0.208. The standard InChI is InChI=1S/C20H19ClN4O2/c1-13(26)10-22-20-24-17-4-2-3-5-18(17)25(20)11-16-12-27-19(23-16)14-6-8-15(21)9-7-14/h2-9,12-13,26H,10-11H2,1H3,(H,22,24)/t13-/m0/s1. The van der Waals surface area contributed by atoms with Gasteiger partial charge < -0.3 is 19.4 Å². The minimum absolute atomic E-state index is 0.415. The van der Waals surface area contributed by atoms with E-state index >= 15 is 0 Å². The number of rotatable bonds is 6. The molecule has 1 atom stereocenters. The number of oxazole rings is 1. The van der Waals surface area contributed by atoms with Crippen LogP contribution in [0.2, 0.25) is 5.02 Å². The summed E-state index contributed by atoms with van der Waals surface area (Å²) < 4.78 is 7.67. The fraction of sp³-hybridized carbons (Fsp3) is 0.200. The molecule has 0 saturated carbocycles. The summed E-state index contributed by atoms with van der Waals surface area (Å²) >= 11 is 5.94. The van der Waals surface area contributed by atoms with Crippen molar-refractivity contribution < 1.29 is 9.52 Å². The van der Waals surface area contributed by atoms with E-state index in [1.54, 1.807) is 13.2 Å². The fourth-order valence-corrected chi connectivity index (χ4v) is 3.00. The molecule has 2 aromatic carbocycles. The maximum absolute atomic E-state index is 9.58. The minimum atomic E-state index is -0.471. The first-order valence-corrected chi connectivity index (χ1v) is 9.05. The number of hydrogen-bond donors (Lipinski definition) is 2. The summed E-state index contributed by atoms with van der Waals surface area (Å²) in [5.41, 5.74) is 3.52. The molecular formula is C20H19ClN4O2. The first-order valence-electron chi connectivity index (χ1n) is 8.67. The Morgan fingerprint density at radius 2 is 1.93 bits per heavy atom. The molecule has 0 spiro atoms. The van der Waals surface area contributed by atoms with Crippen LogP contribution in [0.15, 0.2) is 59.2 Å². The molecule has 7 heteroatoms. The number of nitrogens with zero attached hydrogens (tertiary/aromatic N) is 3. The Hall–Kier alpha value is -2.83. The Balaban J connectivity index is 1.64. The Morgan fingerprint density at radius 1 is 1.15 bits per heavy atom. The Labute approximate surface area is 161 Å².